The lowest BCUT2D eigenvalue weighted by Gasteiger charge is -2.41. The molecule has 0 N–H and O–H groups in total. The average Bonchev–Trinajstić information content (AvgIpc) is 3.29. The van der Waals surface area contributed by atoms with Crippen molar-refractivity contribution < 1.29 is 33.1 Å². The van der Waals surface area contributed by atoms with Crippen LogP contribution in [0, 0.1) is 12.3 Å². The SMILES string of the molecule is COc1cc(C=C2CCCN3C2=NCC(C)(C)C(=O)N3c2ccc(OS(F)(F)(F)(F)F)cc2)ccc1-n1cnc(C)c1. The maximum absolute atomic E-state index is 13.7. The zero-order chi connectivity index (χ0) is 30.6. The van der Waals surface area contributed by atoms with Crippen LogP contribution in [0.25, 0.3) is 11.8 Å². The second kappa shape index (κ2) is 9.48. The van der Waals surface area contributed by atoms with Gasteiger partial charge >= 0.3 is 10.5 Å². The molecule has 3 aromatic rings. The third-order valence-electron chi connectivity index (χ3n) is 6.85. The summed E-state index contributed by atoms with van der Waals surface area (Å²) in [5.41, 5.74) is 2.60. The molecule has 2 aliphatic heterocycles. The van der Waals surface area contributed by atoms with Crippen LogP contribution >= 0.6 is 10.5 Å². The van der Waals surface area contributed by atoms with Gasteiger partial charge in [-0.1, -0.05) is 25.5 Å². The van der Waals surface area contributed by atoms with Crippen LogP contribution in [0.15, 0.2) is 65.6 Å². The molecule has 0 radical (unpaired) electrons. The maximum atomic E-state index is 13.7. The van der Waals surface area contributed by atoms with Crippen molar-refractivity contribution in [2.45, 2.75) is 33.6 Å². The molecule has 0 bridgehead atoms. The van der Waals surface area contributed by atoms with Gasteiger partial charge in [0.1, 0.15) is 17.3 Å². The van der Waals surface area contributed by atoms with E-state index in [1.807, 2.05) is 42.0 Å². The first-order chi connectivity index (χ1) is 19.4. The van der Waals surface area contributed by atoms with Crippen molar-refractivity contribution in [3.63, 3.8) is 0 Å². The molecular weight excluding hydrogens is 581 g/mol. The van der Waals surface area contributed by atoms with Crippen LogP contribution in [0.5, 0.6) is 11.5 Å². The number of methoxy groups -OCH3 is 1. The molecule has 0 unspecified atom stereocenters. The number of imidazole rings is 1. The normalized spacial score (nSPS) is 19.9. The summed E-state index contributed by atoms with van der Waals surface area (Å²) in [6, 6.07) is 9.57. The average molecular weight is 612 g/mol. The zero-order valence-electron chi connectivity index (χ0n) is 23.4. The molecule has 1 saturated heterocycles. The Balaban J connectivity index is 1.50. The predicted octanol–water partition coefficient (Wildman–Crippen LogP) is 7.65. The molecule has 42 heavy (non-hydrogen) atoms. The van der Waals surface area contributed by atoms with Gasteiger partial charge in [-0.05, 0) is 87.2 Å². The number of rotatable bonds is 6. The summed E-state index contributed by atoms with van der Waals surface area (Å²) in [6.45, 7) is 5.91. The number of halogens is 5. The molecule has 1 fully saturated rings. The predicted molar refractivity (Wildman–Crippen MR) is 153 cm³/mol. The van der Waals surface area contributed by atoms with Crippen molar-refractivity contribution in [2.24, 2.45) is 10.4 Å². The van der Waals surface area contributed by atoms with Gasteiger partial charge < -0.3 is 13.5 Å². The molecule has 1 amide bonds. The van der Waals surface area contributed by atoms with E-state index in [0.29, 0.717) is 31.0 Å². The number of carbonyl (C=O) groups excluding carboxylic acids is 1. The Morgan fingerprint density at radius 2 is 1.76 bits per heavy atom. The smallest absolute Gasteiger partial charge is 0.435 e. The zero-order valence-corrected chi connectivity index (χ0v) is 24.2. The van der Waals surface area contributed by atoms with Crippen molar-refractivity contribution in [1.82, 2.24) is 14.6 Å². The Morgan fingerprint density at radius 3 is 2.38 bits per heavy atom. The number of ether oxygens (including phenoxy) is 1. The molecule has 226 valence electrons. The second-order valence-electron chi connectivity index (χ2n) is 10.9. The van der Waals surface area contributed by atoms with Crippen LogP contribution in [-0.2, 0) is 4.79 Å². The minimum atomic E-state index is -10.1. The van der Waals surface area contributed by atoms with Gasteiger partial charge in [0.2, 0.25) is 0 Å². The second-order valence-corrected chi connectivity index (χ2v) is 12.8. The number of aryl methyl sites for hydroxylation is 1. The summed E-state index contributed by atoms with van der Waals surface area (Å²) in [5, 5.41) is 3.04. The van der Waals surface area contributed by atoms with Crippen LogP contribution < -0.4 is 13.9 Å². The van der Waals surface area contributed by atoms with Crippen LogP contribution in [0.4, 0.5) is 25.1 Å². The largest absolute Gasteiger partial charge is 0.495 e. The molecule has 0 aliphatic carbocycles. The van der Waals surface area contributed by atoms with Gasteiger partial charge in [-0.25, -0.2) is 9.99 Å². The van der Waals surface area contributed by atoms with Crippen molar-refractivity contribution in [2.75, 3.05) is 25.2 Å². The van der Waals surface area contributed by atoms with Gasteiger partial charge in [0.15, 0.2) is 0 Å². The fraction of sp³-hybridized carbons (Fsp3) is 0.321. The van der Waals surface area contributed by atoms with Crippen molar-refractivity contribution in [3.05, 3.63) is 71.8 Å². The summed E-state index contributed by atoms with van der Waals surface area (Å²) in [7, 11) is -8.56. The van der Waals surface area contributed by atoms with Gasteiger partial charge in [0.25, 0.3) is 5.91 Å². The van der Waals surface area contributed by atoms with E-state index in [0.717, 1.165) is 46.8 Å². The fourth-order valence-electron chi connectivity index (χ4n) is 4.89. The van der Waals surface area contributed by atoms with Crippen molar-refractivity contribution in [3.8, 4) is 17.2 Å². The number of amidine groups is 1. The van der Waals surface area contributed by atoms with Gasteiger partial charge in [0, 0.05) is 12.7 Å². The van der Waals surface area contributed by atoms with Crippen LogP contribution in [0.2, 0.25) is 0 Å². The third kappa shape index (κ3) is 6.37. The molecular formula is C28H30F5N5O3S. The molecule has 2 aromatic carbocycles. The van der Waals surface area contributed by atoms with E-state index in [-0.39, 0.29) is 18.1 Å². The summed E-state index contributed by atoms with van der Waals surface area (Å²) >= 11 is 0. The minimum Gasteiger partial charge on any atom is -0.495 e. The van der Waals surface area contributed by atoms with E-state index in [9.17, 15) is 24.2 Å². The topological polar surface area (TPSA) is 72.2 Å². The number of piperidine rings is 1. The van der Waals surface area contributed by atoms with Gasteiger partial charge in [-0.3, -0.25) is 14.8 Å². The quantitative estimate of drug-likeness (QED) is 0.268. The van der Waals surface area contributed by atoms with Gasteiger partial charge in [-0.15, -0.1) is 0 Å². The molecule has 0 spiro atoms. The highest BCUT2D eigenvalue weighted by Gasteiger charge is 2.67. The first-order valence-electron chi connectivity index (χ1n) is 13.0. The molecule has 2 aliphatic rings. The summed E-state index contributed by atoms with van der Waals surface area (Å²) in [5.74, 6) is -0.244. The van der Waals surface area contributed by atoms with Crippen LogP contribution in [0.1, 0.15) is 37.9 Å². The van der Waals surface area contributed by atoms with E-state index in [4.69, 9.17) is 9.73 Å². The highest BCUT2D eigenvalue weighted by molar-refractivity contribution is 8.42. The number of hydrazine groups is 1. The highest BCUT2D eigenvalue weighted by Crippen LogP contribution is 2.97. The molecule has 0 saturated carbocycles. The molecule has 3 heterocycles. The Hall–Kier alpha value is -4.07. The number of aliphatic imine (C=N–C) groups is 1. The van der Waals surface area contributed by atoms with Crippen molar-refractivity contribution in [1.29, 1.82) is 0 Å². The lowest BCUT2D eigenvalue weighted by molar-refractivity contribution is -0.128. The summed E-state index contributed by atoms with van der Waals surface area (Å²) in [4.78, 5) is 22.8. The Labute approximate surface area is 240 Å². The molecule has 5 rings (SSSR count). The number of hydrogen-bond acceptors (Lipinski definition) is 6. The van der Waals surface area contributed by atoms with E-state index in [1.54, 1.807) is 32.3 Å². The molecule has 1 aromatic heterocycles. The van der Waals surface area contributed by atoms with Gasteiger partial charge in [-0.2, -0.15) is 0 Å². The Morgan fingerprint density at radius 1 is 1.05 bits per heavy atom. The number of amides is 1. The molecule has 0 atom stereocenters. The van der Waals surface area contributed by atoms with Crippen molar-refractivity contribution >= 4 is 34.0 Å². The number of nitrogens with zero attached hydrogens (tertiary/aromatic N) is 5. The fourth-order valence-corrected chi connectivity index (χ4v) is 5.36. The standard InChI is InChI=1S/C28H30F5N5O3S/c1-19-16-36(18-35-19)24-12-7-20(15-25(24)40-4)14-21-6-5-13-37-26(21)34-17-28(2,3)27(39)38(37)22-8-10-23(11-9-22)41-42(29,30,31,32)33/h7-12,14-16,18H,5-6,13,17H2,1-4H3. The molecule has 8 nitrogen and oxygen atoms in total. The maximum Gasteiger partial charge on any atom is 0.435 e. The number of benzene rings is 2. The summed E-state index contributed by atoms with van der Waals surface area (Å²) in [6.07, 6.45) is 6.87. The van der Waals surface area contributed by atoms with E-state index in [2.05, 4.69) is 9.17 Å². The van der Waals surface area contributed by atoms with E-state index in [1.165, 1.54) is 5.01 Å². The summed E-state index contributed by atoms with van der Waals surface area (Å²) < 4.78 is 74.9. The number of carbonyl (C=O) groups is 1. The number of fused-ring (bicyclic) bond motifs is 1. The number of aromatic nitrogens is 2. The number of hydrogen-bond donors (Lipinski definition) is 0. The van der Waals surface area contributed by atoms with Crippen LogP contribution in [-0.4, -0.2) is 46.5 Å². The third-order valence-corrected chi connectivity index (χ3v) is 7.36. The number of anilines is 1. The monoisotopic (exact) mass is 611 g/mol. The van der Waals surface area contributed by atoms with Crippen LogP contribution in [0.3, 0.4) is 0 Å². The lowest BCUT2D eigenvalue weighted by atomic mass is 9.92. The Bertz CT molecular complexity index is 1600. The van der Waals surface area contributed by atoms with Gasteiger partial charge in [0.05, 0.1) is 42.5 Å². The van der Waals surface area contributed by atoms with E-state index < -0.39 is 21.7 Å². The first-order valence-corrected chi connectivity index (χ1v) is 14.9. The minimum absolute atomic E-state index is 0.166. The van der Waals surface area contributed by atoms with E-state index >= 15 is 0 Å². The lowest BCUT2D eigenvalue weighted by Crippen LogP contribution is -2.54. The molecule has 14 heteroatoms. The first kappa shape index (κ1) is 29.4. The Kier molecular flexibility index (Phi) is 6.64. The highest BCUT2D eigenvalue weighted by atomic mass is 32.5.